The number of rotatable bonds is 3. The van der Waals surface area contributed by atoms with Gasteiger partial charge in [0.05, 0.1) is 5.69 Å². The van der Waals surface area contributed by atoms with Crippen LogP contribution in [0.3, 0.4) is 0 Å². The molecule has 0 aliphatic carbocycles. The summed E-state index contributed by atoms with van der Waals surface area (Å²) in [6.45, 7) is 1.42. The van der Waals surface area contributed by atoms with E-state index in [-0.39, 0.29) is 11.7 Å². The first-order chi connectivity index (χ1) is 12.5. The van der Waals surface area contributed by atoms with Crippen molar-refractivity contribution in [3.63, 3.8) is 0 Å². The van der Waals surface area contributed by atoms with E-state index in [9.17, 15) is 9.59 Å². The molecule has 0 radical (unpaired) electrons. The van der Waals surface area contributed by atoms with E-state index in [4.69, 9.17) is 11.6 Å². The number of fused-ring (bicyclic) bond motifs is 2. The van der Waals surface area contributed by atoms with Crippen LogP contribution in [0.1, 0.15) is 23.0 Å². The summed E-state index contributed by atoms with van der Waals surface area (Å²) < 4.78 is 0. The number of anilines is 1. The second-order valence-electron chi connectivity index (χ2n) is 6.14. The summed E-state index contributed by atoms with van der Waals surface area (Å²) in [5, 5.41) is 6.12. The fourth-order valence-electron chi connectivity index (χ4n) is 3.12. The molecule has 5 heteroatoms. The first kappa shape index (κ1) is 16.4. The minimum atomic E-state index is -0.242. The maximum atomic E-state index is 13.1. The van der Waals surface area contributed by atoms with Crippen molar-refractivity contribution >= 4 is 50.7 Å². The van der Waals surface area contributed by atoms with Crippen LogP contribution in [-0.4, -0.2) is 16.7 Å². The van der Waals surface area contributed by atoms with Crippen molar-refractivity contribution in [1.82, 2.24) is 4.98 Å². The predicted octanol–water partition coefficient (Wildman–Crippen LogP) is 5.16. The van der Waals surface area contributed by atoms with Gasteiger partial charge in [0.2, 0.25) is 11.7 Å². The summed E-state index contributed by atoms with van der Waals surface area (Å²) in [7, 11) is 0. The normalized spacial score (nSPS) is 11.0. The maximum absolute atomic E-state index is 13.1. The summed E-state index contributed by atoms with van der Waals surface area (Å²) in [5.41, 5.74) is 2.06. The van der Waals surface area contributed by atoms with Crippen LogP contribution in [0, 0.1) is 0 Å². The van der Waals surface area contributed by atoms with Gasteiger partial charge in [0.1, 0.15) is 5.69 Å². The first-order valence-electron chi connectivity index (χ1n) is 8.15. The number of ketones is 1. The number of hydrogen-bond acceptors (Lipinski definition) is 2. The predicted molar refractivity (Wildman–Crippen MR) is 105 cm³/mol. The summed E-state index contributed by atoms with van der Waals surface area (Å²) in [5.74, 6) is -0.430. The number of carbonyl (C=O) groups excluding carboxylic acids is 2. The van der Waals surface area contributed by atoms with Crippen molar-refractivity contribution in [2.75, 3.05) is 5.32 Å². The smallest absolute Gasteiger partial charge is 0.221 e. The van der Waals surface area contributed by atoms with E-state index in [0.717, 1.165) is 16.2 Å². The Balaban J connectivity index is 1.88. The molecule has 0 atom stereocenters. The second kappa shape index (κ2) is 6.32. The van der Waals surface area contributed by atoms with E-state index < -0.39 is 0 Å². The largest absolute Gasteiger partial charge is 0.350 e. The standard InChI is InChI=1S/C21H15ClN2O2/c1-12(25)23-19-17-9-8-16(22)11-18(17)24-20(19)21(26)15-7-6-13-4-2-3-5-14(13)10-15/h2-11,24H,1H3,(H,23,25). The Morgan fingerprint density at radius 2 is 1.73 bits per heavy atom. The van der Waals surface area contributed by atoms with Gasteiger partial charge >= 0.3 is 0 Å². The molecule has 2 N–H and O–H groups in total. The van der Waals surface area contributed by atoms with Crippen molar-refractivity contribution in [2.45, 2.75) is 6.92 Å². The number of amides is 1. The zero-order valence-corrected chi connectivity index (χ0v) is 14.7. The van der Waals surface area contributed by atoms with Crippen LogP contribution in [0.4, 0.5) is 5.69 Å². The Hall–Kier alpha value is -3.11. The van der Waals surface area contributed by atoms with Crippen LogP contribution in [0.2, 0.25) is 5.02 Å². The van der Waals surface area contributed by atoms with Gasteiger partial charge in [-0.1, -0.05) is 48.0 Å². The number of aromatic amines is 1. The Labute approximate surface area is 154 Å². The fourth-order valence-corrected chi connectivity index (χ4v) is 3.29. The average molecular weight is 363 g/mol. The van der Waals surface area contributed by atoms with Crippen molar-refractivity contribution < 1.29 is 9.59 Å². The lowest BCUT2D eigenvalue weighted by Crippen LogP contribution is -2.11. The number of hydrogen-bond donors (Lipinski definition) is 2. The average Bonchev–Trinajstić information content (AvgIpc) is 2.97. The quantitative estimate of drug-likeness (QED) is 0.494. The highest BCUT2D eigenvalue weighted by molar-refractivity contribution is 6.31. The molecule has 4 nitrogen and oxygen atoms in total. The SMILES string of the molecule is CC(=O)Nc1c(C(=O)c2ccc3ccccc3c2)[nH]c2cc(Cl)ccc12. The van der Waals surface area contributed by atoms with Crippen molar-refractivity contribution in [3.05, 3.63) is 76.9 Å². The molecule has 4 rings (SSSR count). The Bertz CT molecular complexity index is 1180. The van der Waals surface area contributed by atoms with Crippen LogP contribution in [0.5, 0.6) is 0 Å². The number of benzene rings is 3. The van der Waals surface area contributed by atoms with Crippen molar-refractivity contribution in [1.29, 1.82) is 0 Å². The molecule has 0 fully saturated rings. The monoisotopic (exact) mass is 362 g/mol. The van der Waals surface area contributed by atoms with Gasteiger partial charge in [-0.25, -0.2) is 0 Å². The van der Waals surface area contributed by atoms with Gasteiger partial charge in [-0.15, -0.1) is 0 Å². The number of H-pyrrole nitrogens is 1. The number of aromatic nitrogens is 1. The van der Waals surface area contributed by atoms with Gasteiger partial charge in [0, 0.05) is 28.4 Å². The van der Waals surface area contributed by atoms with Gasteiger partial charge < -0.3 is 10.3 Å². The molecule has 0 saturated heterocycles. The van der Waals surface area contributed by atoms with Gasteiger partial charge in [-0.2, -0.15) is 0 Å². The van der Waals surface area contributed by atoms with Crippen LogP contribution in [0.15, 0.2) is 60.7 Å². The van der Waals surface area contributed by atoms with Gasteiger partial charge in [0.15, 0.2) is 0 Å². The lowest BCUT2D eigenvalue weighted by atomic mass is 10.0. The number of halogens is 1. The molecule has 0 bridgehead atoms. The molecule has 1 aromatic heterocycles. The zero-order chi connectivity index (χ0) is 18.3. The summed E-state index contributed by atoms with van der Waals surface area (Å²) in [4.78, 5) is 27.9. The van der Waals surface area contributed by atoms with Gasteiger partial charge in [-0.05, 0) is 35.0 Å². The third kappa shape index (κ3) is 2.85. The molecule has 0 spiro atoms. The van der Waals surface area contributed by atoms with E-state index in [1.54, 1.807) is 24.3 Å². The highest BCUT2D eigenvalue weighted by Crippen LogP contribution is 2.31. The third-order valence-corrected chi connectivity index (χ3v) is 4.54. The topological polar surface area (TPSA) is 62.0 Å². The highest BCUT2D eigenvalue weighted by atomic mass is 35.5. The molecule has 0 saturated carbocycles. The zero-order valence-electron chi connectivity index (χ0n) is 14.0. The van der Waals surface area contributed by atoms with Gasteiger partial charge in [0.25, 0.3) is 0 Å². The van der Waals surface area contributed by atoms with Crippen LogP contribution in [0.25, 0.3) is 21.7 Å². The molecular formula is C21H15ClN2O2. The second-order valence-corrected chi connectivity index (χ2v) is 6.57. The Morgan fingerprint density at radius 3 is 2.50 bits per heavy atom. The van der Waals surface area contributed by atoms with Gasteiger partial charge in [-0.3, -0.25) is 9.59 Å². The van der Waals surface area contributed by atoms with Crippen LogP contribution < -0.4 is 5.32 Å². The Morgan fingerprint density at radius 1 is 0.962 bits per heavy atom. The third-order valence-electron chi connectivity index (χ3n) is 4.30. The molecule has 0 aliphatic rings. The highest BCUT2D eigenvalue weighted by Gasteiger charge is 2.20. The molecular weight excluding hydrogens is 348 g/mol. The lowest BCUT2D eigenvalue weighted by Gasteiger charge is -2.06. The van der Waals surface area contributed by atoms with E-state index >= 15 is 0 Å². The minimum absolute atomic E-state index is 0.188. The van der Waals surface area contributed by atoms with Crippen molar-refractivity contribution in [2.24, 2.45) is 0 Å². The lowest BCUT2D eigenvalue weighted by molar-refractivity contribution is -0.114. The molecule has 26 heavy (non-hydrogen) atoms. The molecule has 4 aromatic rings. The number of carbonyl (C=O) groups is 2. The Kier molecular flexibility index (Phi) is 3.98. The van der Waals surface area contributed by atoms with E-state index in [2.05, 4.69) is 10.3 Å². The van der Waals surface area contributed by atoms with E-state index in [0.29, 0.717) is 27.5 Å². The molecule has 128 valence electrons. The molecule has 0 unspecified atom stereocenters. The summed E-state index contributed by atoms with van der Waals surface area (Å²) >= 11 is 6.06. The molecule has 1 heterocycles. The molecule has 3 aromatic carbocycles. The fraction of sp³-hybridized carbons (Fsp3) is 0.0476. The molecule has 1 amide bonds. The van der Waals surface area contributed by atoms with E-state index in [1.165, 1.54) is 6.92 Å². The first-order valence-corrected chi connectivity index (χ1v) is 8.53. The maximum Gasteiger partial charge on any atom is 0.221 e. The number of nitrogens with one attached hydrogen (secondary N) is 2. The summed E-state index contributed by atoms with van der Waals surface area (Å²) in [6, 6.07) is 18.7. The summed E-state index contributed by atoms with van der Waals surface area (Å²) in [6.07, 6.45) is 0. The van der Waals surface area contributed by atoms with E-state index in [1.807, 2.05) is 36.4 Å². The van der Waals surface area contributed by atoms with Crippen LogP contribution in [-0.2, 0) is 4.79 Å². The minimum Gasteiger partial charge on any atom is -0.350 e. The van der Waals surface area contributed by atoms with Crippen molar-refractivity contribution in [3.8, 4) is 0 Å². The molecule has 0 aliphatic heterocycles. The van der Waals surface area contributed by atoms with Crippen LogP contribution >= 0.6 is 11.6 Å².